The summed E-state index contributed by atoms with van der Waals surface area (Å²) in [6, 6.07) is 7.88. The van der Waals surface area contributed by atoms with Crippen molar-refractivity contribution in [3.8, 4) is 0 Å². The molecule has 2 rings (SSSR count). The number of nitrogens with zero attached hydrogens (tertiary/aromatic N) is 2. The molecule has 0 spiro atoms. The monoisotopic (exact) mass is 210 g/mol. The van der Waals surface area contributed by atoms with Gasteiger partial charge in [-0.3, -0.25) is 0 Å². The lowest BCUT2D eigenvalue weighted by Crippen LogP contribution is -2.03. The third-order valence-electron chi connectivity index (χ3n) is 2.13. The van der Waals surface area contributed by atoms with Gasteiger partial charge in [-0.25, -0.2) is 4.98 Å². The number of aromatic nitrogens is 2. The molecule has 0 unspecified atom stereocenters. The number of hydrogen-bond donors (Lipinski definition) is 0. The van der Waals surface area contributed by atoms with Crippen molar-refractivity contribution in [2.75, 3.05) is 13.7 Å². The molecule has 0 bridgehead atoms. The predicted molar refractivity (Wildman–Crippen MR) is 56.6 cm³/mol. The number of ether oxygens (including phenoxy) is 1. The maximum atomic E-state index is 6.00. The first-order chi connectivity index (χ1) is 6.83. The van der Waals surface area contributed by atoms with Crippen LogP contribution >= 0.6 is 11.6 Å². The van der Waals surface area contributed by atoms with Gasteiger partial charge < -0.3 is 9.30 Å². The summed E-state index contributed by atoms with van der Waals surface area (Å²) < 4.78 is 6.96. The van der Waals surface area contributed by atoms with E-state index in [0.29, 0.717) is 11.9 Å². The topological polar surface area (TPSA) is 27.1 Å². The van der Waals surface area contributed by atoms with Crippen LogP contribution in [-0.2, 0) is 11.3 Å². The first-order valence-electron chi connectivity index (χ1n) is 4.42. The molecule has 0 atom stereocenters. The minimum atomic E-state index is 0.517. The highest BCUT2D eigenvalue weighted by atomic mass is 35.5. The van der Waals surface area contributed by atoms with Crippen LogP contribution in [0.1, 0.15) is 0 Å². The van der Waals surface area contributed by atoms with Crippen molar-refractivity contribution in [1.82, 2.24) is 9.55 Å². The van der Waals surface area contributed by atoms with Gasteiger partial charge in [-0.2, -0.15) is 0 Å². The lowest BCUT2D eigenvalue weighted by atomic mass is 10.3. The van der Waals surface area contributed by atoms with Crippen LogP contribution in [0, 0.1) is 0 Å². The molecule has 3 nitrogen and oxygen atoms in total. The zero-order valence-electron chi connectivity index (χ0n) is 7.90. The van der Waals surface area contributed by atoms with Crippen LogP contribution in [0.25, 0.3) is 11.0 Å². The van der Waals surface area contributed by atoms with E-state index >= 15 is 0 Å². The van der Waals surface area contributed by atoms with Gasteiger partial charge in [0.05, 0.1) is 17.6 Å². The van der Waals surface area contributed by atoms with Gasteiger partial charge in [0.25, 0.3) is 0 Å². The van der Waals surface area contributed by atoms with Crippen LogP contribution in [0.2, 0.25) is 5.28 Å². The van der Waals surface area contributed by atoms with Crippen LogP contribution in [-0.4, -0.2) is 23.3 Å². The Kier molecular flexibility index (Phi) is 2.70. The zero-order valence-corrected chi connectivity index (χ0v) is 8.66. The van der Waals surface area contributed by atoms with Crippen LogP contribution in [0.15, 0.2) is 24.3 Å². The number of hydrogen-bond acceptors (Lipinski definition) is 2. The maximum absolute atomic E-state index is 6.00. The predicted octanol–water partition coefficient (Wildman–Crippen LogP) is 2.34. The molecule has 0 N–H and O–H groups in total. The largest absolute Gasteiger partial charge is 0.383 e. The minimum Gasteiger partial charge on any atom is -0.383 e. The maximum Gasteiger partial charge on any atom is 0.203 e. The normalized spacial score (nSPS) is 11.0. The highest BCUT2D eigenvalue weighted by Crippen LogP contribution is 2.18. The van der Waals surface area contributed by atoms with Crippen molar-refractivity contribution in [2.24, 2.45) is 0 Å². The van der Waals surface area contributed by atoms with Crippen molar-refractivity contribution in [3.63, 3.8) is 0 Å². The Morgan fingerprint density at radius 3 is 3.00 bits per heavy atom. The van der Waals surface area contributed by atoms with E-state index in [2.05, 4.69) is 4.98 Å². The molecule has 2 aromatic rings. The molecular weight excluding hydrogens is 200 g/mol. The summed E-state index contributed by atoms with van der Waals surface area (Å²) in [5.74, 6) is 0. The second-order valence-corrected chi connectivity index (χ2v) is 3.35. The SMILES string of the molecule is COCCn1c(Cl)nc2ccccc21. The lowest BCUT2D eigenvalue weighted by molar-refractivity contribution is 0.188. The molecule has 1 aromatic carbocycles. The number of fused-ring (bicyclic) bond motifs is 1. The number of imidazole rings is 1. The van der Waals surface area contributed by atoms with E-state index in [9.17, 15) is 0 Å². The third kappa shape index (κ3) is 1.61. The Bertz CT molecular complexity index is 439. The number of para-hydroxylation sites is 2. The number of rotatable bonds is 3. The molecule has 0 aliphatic heterocycles. The van der Waals surface area contributed by atoms with E-state index in [1.54, 1.807) is 7.11 Å². The summed E-state index contributed by atoms with van der Waals surface area (Å²) >= 11 is 6.00. The van der Waals surface area contributed by atoms with Crippen LogP contribution in [0.3, 0.4) is 0 Å². The summed E-state index contributed by atoms with van der Waals surface area (Å²) in [5, 5.41) is 0.517. The highest BCUT2D eigenvalue weighted by Gasteiger charge is 2.06. The second kappa shape index (κ2) is 3.98. The van der Waals surface area contributed by atoms with E-state index in [1.165, 1.54) is 0 Å². The Labute approximate surface area is 87.3 Å². The third-order valence-corrected chi connectivity index (χ3v) is 2.42. The fourth-order valence-corrected chi connectivity index (χ4v) is 1.71. The molecular formula is C10H11ClN2O. The molecule has 0 radical (unpaired) electrons. The molecule has 1 aromatic heterocycles. The van der Waals surface area contributed by atoms with Gasteiger partial charge in [-0.1, -0.05) is 12.1 Å². The molecule has 0 amide bonds. The van der Waals surface area contributed by atoms with Crippen molar-refractivity contribution in [3.05, 3.63) is 29.5 Å². The van der Waals surface area contributed by atoms with E-state index < -0.39 is 0 Å². The molecule has 0 aliphatic carbocycles. The first kappa shape index (κ1) is 9.49. The van der Waals surface area contributed by atoms with E-state index in [0.717, 1.165) is 17.6 Å². The van der Waals surface area contributed by atoms with Crippen molar-refractivity contribution < 1.29 is 4.74 Å². The summed E-state index contributed by atoms with van der Waals surface area (Å²) in [7, 11) is 1.67. The number of methoxy groups -OCH3 is 1. The molecule has 4 heteroatoms. The Hall–Kier alpha value is -1.06. The number of benzene rings is 1. The first-order valence-corrected chi connectivity index (χ1v) is 4.80. The van der Waals surface area contributed by atoms with Crippen LogP contribution in [0.5, 0.6) is 0 Å². The quantitative estimate of drug-likeness (QED) is 0.778. The molecule has 0 fully saturated rings. The van der Waals surface area contributed by atoms with Crippen molar-refractivity contribution >= 4 is 22.6 Å². The molecule has 1 heterocycles. The average molecular weight is 211 g/mol. The Morgan fingerprint density at radius 2 is 2.21 bits per heavy atom. The summed E-state index contributed by atoms with van der Waals surface area (Å²) in [5.41, 5.74) is 1.98. The van der Waals surface area contributed by atoms with Gasteiger partial charge in [0.1, 0.15) is 0 Å². The summed E-state index contributed by atoms with van der Waals surface area (Å²) in [6.07, 6.45) is 0. The number of halogens is 1. The van der Waals surface area contributed by atoms with Crippen LogP contribution in [0.4, 0.5) is 0 Å². The van der Waals surface area contributed by atoms with Crippen molar-refractivity contribution in [1.29, 1.82) is 0 Å². The zero-order chi connectivity index (χ0) is 9.97. The van der Waals surface area contributed by atoms with Crippen molar-refractivity contribution in [2.45, 2.75) is 6.54 Å². The van der Waals surface area contributed by atoms with Crippen LogP contribution < -0.4 is 0 Å². The fraction of sp³-hybridized carbons (Fsp3) is 0.300. The van der Waals surface area contributed by atoms with Gasteiger partial charge in [0.2, 0.25) is 5.28 Å². The summed E-state index contributed by atoms with van der Waals surface area (Å²) in [6.45, 7) is 1.37. The fourth-order valence-electron chi connectivity index (χ4n) is 1.44. The highest BCUT2D eigenvalue weighted by molar-refractivity contribution is 6.29. The second-order valence-electron chi connectivity index (χ2n) is 3.01. The lowest BCUT2D eigenvalue weighted by Gasteiger charge is -2.03. The summed E-state index contributed by atoms with van der Waals surface area (Å²) in [4.78, 5) is 4.24. The molecule has 14 heavy (non-hydrogen) atoms. The van der Waals surface area contributed by atoms with Gasteiger partial charge in [-0.15, -0.1) is 0 Å². The average Bonchev–Trinajstić information content (AvgIpc) is 2.51. The van der Waals surface area contributed by atoms with Gasteiger partial charge >= 0.3 is 0 Å². The molecule has 0 saturated heterocycles. The molecule has 0 saturated carbocycles. The smallest absolute Gasteiger partial charge is 0.203 e. The minimum absolute atomic E-state index is 0.517. The van der Waals surface area contributed by atoms with E-state index in [4.69, 9.17) is 16.3 Å². The Morgan fingerprint density at radius 1 is 1.43 bits per heavy atom. The standard InChI is InChI=1S/C10H11ClN2O/c1-14-7-6-13-9-5-3-2-4-8(9)12-10(13)11/h2-5H,6-7H2,1H3. The van der Waals surface area contributed by atoms with Gasteiger partial charge in [0, 0.05) is 13.7 Å². The molecule has 74 valence electrons. The van der Waals surface area contributed by atoms with Gasteiger partial charge in [0.15, 0.2) is 0 Å². The van der Waals surface area contributed by atoms with E-state index in [-0.39, 0.29) is 0 Å². The van der Waals surface area contributed by atoms with E-state index in [1.807, 2.05) is 28.8 Å². The molecule has 0 aliphatic rings. The Balaban J connectivity index is 2.45. The van der Waals surface area contributed by atoms with Gasteiger partial charge in [-0.05, 0) is 23.7 Å².